The van der Waals surface area contributed by atoms with Gasteiger partial charge in [0.05, 0.1) is 16.5 Å². The molecule has 0 spiro atoms. The van der Waals surface area contributed by atoms with Gasteiger partial charge in [-0.05, 0) is 61.2 Å². The summed E-state index contributed by atoms with van der Waals surface area (Å²) in [6.45, 7) is 6.76. The van der Waals surface area contributed by atoms with E-state index in [-0.39, 0.29) is 17.7 Å². The maximum Gasteiger partial charge on any atom is 0.208 e. The molecule has 1 aliphatic rings. The number of aliphatic hydroxyl groups is 1. The highest BCUT2D eigenvalue weighted by atomic mass is 32.1. The lowest BCUT2D eigenvalue weighted by molar-refractivity contribution is 0.104. The number of ketones is 1. The van der Waals surface area contributed by atoms with E-state index < -0.39 is 6.10 Å². The fourth-order valence-corrected chi connectivity index (χ4v) is 4.46. The van der Waals surface area contributed by atoms with Crippen molar-refractivity contribution in [2.24, 2.45) is 5.92 Å². The molecule has 1 fully saturated rings. The minimum atomic E-state index is -0.421. The first-order chi connectivity index (χ1) is 13.5. The Kier molecular flexibility index (Phi) is 5.28. The van der Waals surface area contributed by atoms with Crippen LogP contribution in [0.4, 0.5) is 5.82 Å². The van der Waals surface area contributed by atoms with Gasteiger partial charge in [-0.15, -0.1) is 11.3 Å². The summed E-state index contributed by atoms with van der Waals surface area (Å²) in [5, 5.41) is 15.2. The average Bonchev–Trinajstić information content (AvgIpc) is 3.37. The predicted octanol–water partition coefficient (Wildman–Crippen LogP) is 3.31. The van der Waals surface area contributed by atoms with E-state index >= 15 is 0 Å². The van der Waals surface area contributed by atoms with Crippen LogP contribution in [0, 0.1) is 19.8 Å². The minimum absolute atomic E-state index is 0.00401. The van der Waals surface area contributed by atoms with Gasteiger partial charge < -0.3 is 15.0 Å². The highest BCUT2D eigenvalue weighted by Crippen LogP contribution is 2.29. The largest absolute Gasteiger partial charge is 0.393 e. The zero-order valence-corrected chi connectivity index (χ0v) is 16.5. The highest BCUT2D eigenvalue weighted by Gasteiger charge is 2.31. The summed E-state index contributed by atoms with van der Waals surface area (Å²) in [6, 6.07) is 4.05. The van der Waals surface area contributed by atoms with Crippen LogP contribution < -0.4 is 5.32 Å². The number of thiophene rings is 1. The van der Waals surface area contributed by atoms with Crippen LogP contribution in [-0.2, 0) is 6.54 Å². The molecule has 0 aliphatic heterocycles. The van der Waals surface area contributed by atoms with E-state index in [1.807, 2.05) is 17.6 Å². The summed E-state index contributed by atoms with van der Waals surface area (Å²) in [6.07, 6.45) is 8.03. The third-order valence-electron chi connectivity index (χ3n) is 5.10. The van der Waals surface area contributed by atoms with Crippen LogP contribution in [0.3, 0.4) is 0 Å². The van der Waals surface area contributed by atoms with Crippen LogP contribution in [0.5, 0.6) is 0 Å². The van der Waals surface area contributed by atoms with E-state index in [1.54, 1.807) is 6.20 Å². The number of hydrogen-bond acceptors (Lipinski definition) is 6. The van der Waals surface area contributed by atoms with E-state index in [1.165, 1.54) is 23.2 Å². The van der Waals surface area contributed by atoms with E-state index in [9.17, 15) is 9.90 Å². The van der Waals surface area contributed by atoms with Crippen LogP contribution in [0.25, 0.3) is 0 Å². The number of aromatic nitrogens is 3. The second-order valence-electron chi connectivity index (χ2n) is 7.43. The first-order valence-electron chi connectivity index (χ1n) is 9.32. The normalized spacial score (nSPS) is 21.8. The Morgan fingerprint density at radius 1 is 1.46 bits per heavy atom. The number of anilines is 1. The van der Waals surface area contributed by atoms with Gasteiger partial charge in [-0.1, -0.05) is 0 Å². The van der Waals surface area contributed by atoms with Gasteiger partial charge in [0.2, 0.25) is 5.78 Å². The molecule has 2 N–H and O–H groups in total. The summed E-state index contributed by atoms with van der Waals surface area (Å²) in [4.78, 5) is 22.0. The summed E-state index contributed by atoms with van der Waals surface area (Å²) in [5.41, 5.74) is 2.76. The third kappa shape index (κ3) is 4.00. The van der Waals surface area contributed by atoms with Crippen molar-refractivity contribution in [1.82, 2.24) is 14.5 Å². The summed E-state index contributed by atoms with van der Waals surface area (Å²) < 4.78 is 2.10. The Labute approximate surface area is 168 Å². The van der Waals surface area contributed by atoms with Crippen LogP contribution in [0.15, 0.2) is 42.4 Å². The molecule has 4 rings (SSSR count). The fourth-order valence-electron chi connectivity index (χ4n) is 3.61. The molecule has 0 bridgehead atoms. The lowest BCUT2D eigenvalue weighted by Gasteiger charge is -2.15. The standard InChI is InChI=1S/C21H23N4O2S/c1-13-3-4-25(9-13)10-15-6-19(28-11-15)20(27)17-8-22-12-23-21(17)24-16-5-14(2)18(26)7-16/h3-4,6,8-9,11-12,14,16,18,26H,2,5,7,10H2,1H3,(H,22,23,24)/t14-,16-,18+/m1/s1. The molecule has 0 amide bonds. The lowest BCUT2D eigenvalue weighted by atomic mass is 10.1. The average molecular weight is 396 g/mol. The number of aryl methyl sites for hydroxylation is 1. The number of nitrogens with zero attached hydrogens (tertiary/aromatic N) is 3. The van der Waals surface area contributed by atoms with Crippen molar-refractivity contribution in [1.29, 1.82) is 0 Å². The van der Waals surface area contributed by atoms with Crippen LogP contribution in [0.1, 0.15) is 39.2 Å². The first-order valence-corrected chi connectivity index (χ1v) is 10.2. The monoisotopic (exact) mass is 395 g/mol. The molecule has 3 aromatic rings. The maximum atomic E-state index is 13.1. The molecule has 0 unspecified atom stereocenters. The number of carbonyl (C=O) groups is 1. The molecule has 1 radical (unpaired) electrons. The van der Waals surface area contributed by atoms with E-state index in [0.717, 1.165) is 18.5 Å². The Morgan fingerprint density at radius 3 is 3.04 bits per heavy atom. The van der Waals surface area contributed by atoms with Gasteiger partial charge in [0.15, 0.2) is 0 Å². The zero-order chi connectivity index (χ0) is 19.7. The number of rotatable bonds is 6. The van der Waals surface area contributed by atoms with Crippen LogP contribution >= 0.6 is 11.3 Å². The molecule has 1 aliphatic carbocycles. The molecule has 3 aromatic heterocycles. The summed E-state index contributed by atoms with van der Waals surface area (Å²) >= 11 is 1.43. The molecule has 28 heavy (non-hydrogen) atoms. The topological polar surface area (TPSA) is 80.0 Å². The molecule has 3 atom stereocenters. The maximum absolute atomic E-state index is 13.1. The van der Waals surface area contributed by atoms with Gasteiger partial charge in [0.25, 0.3) is 0 Å². The smallest absolute Gasteiger partial charge is 0.208 e. The molecular formula is C21H23N4O2S. The molecule has 7 heteroatoms. The first kappa shape index (κ1) is 18.8. The molecule has 1 saturated carbocycles. The van der Waals surface area contributed by atoms with Crippen LogP contribution in [0.2, 0.25) is 0 Å². The number of hydrogen-bond donors (Lipinski definition) is 2. The van der Waals surface area contributed by atoms with E-state index in [0.29, 0.717) is 22.7 Å². The third-order valence-corrected chi connectivity index (χ3v) is 6.07. The van der Waals surface area contributed by atoms with Crippen molar-refractivity contribution < 1.29 is 9.90 Å². The van der Waals surface area contributed by atoms with Crippen molar-refractivity contribution in [2.45, 2.75) is 38.5 Å². The Morgan fingerprint density at radius 2 is 2.32 bits per heavy atom. The van der Waals surface area contributed by atoms with Gasteiger partial charge in [-0.25, -0.2) is 9.97 Å². The van der Waals surface area contributed by atoms with Crippen LogP contribution in [-0.4, -0.2) is 37.6 Å². The molecule has 0 saturated heterocycles. The molecule has 3 heterocycles. The summed E-state index contributed by atoms with van der Waals surface area (Å²) in [7, 11) is 0. The number of aliphatic hydroxyl groups excluding tert-OH is 1. The lowest BCUT2D eigenvalue weighted by Crippen LogP contribution is -2.20. The molecular weight excluding hydrogens is 372 g/mol. The molecule has 0 aromatic carbocycles. The minimum Gasteiger partial charge on any atom is -0.393 e. The number of carbonyl (C=O) groups excluding carboxylic acids is 1. The van der Waals surface area contributed by atoms with Crippen molar-refractivity contribution in [3.63, 3.8) is 0 Å². The predicted molar refractivity (Wildman–Crippen MR) is 110 cm³/mol. The summed E-state index contributed by atoms with van der Waals surface area (Å²) in [5.74, 6) is 0.422. The van der Waals surface area contributed by atoms with Crippen molar-refractivity contribution >= 4 is 22.9 Å². The van der Waals surface area contributed by atoms with Crippen molar-refractivity contribution in [3.05, 3.63) is 70.9 Å². The second-order valence-corrected chi connectivity index (χ2v) is 8.35. The highest BCUT2D eigenvalue weighted by molar-refractivity contribution is 7.12. The van der Waals surface area contributed by atoms with E-state index in [2.05, 4.69) is 46.0 Å². The quantitative estimate of drug-likeness (QED) is 0.626. The van der Waals surface area contributed by atoms with Gasteiger partial charge in [0, 0.05) is 31.2 Å². The molecule has 6 nitrogen and oxygen atoms in total. The Balaban J connectivity index is 1.51. The fraction of sp³-hybridized carbons (Fsp3) is 0.333. The Bertz CT molecular complexity index is 970. The Hall–Kier alpha value is -2.51. The van der Waals surface area contributed by atoms with Gasteiger partial charge in [0.1, 0.15) is 12.1 Å². The second kappa shape index (κ2) is 7.85. The van der Waals surface area contributed by atoms with Crippen molar-refractivity contribution in [3.8, 4) is 0 Å². The van der Waals surface area contributed by atoms with Gasteiger partial charge >= 0.3 is 0 Å². The zero-order valence-electron chi connectivity index (χ0n) is 15.7. The number of nitrogens with one attached hydrogen (secondary N) is 1. The molecule has 145 valence electrons. The van der Waals surface area contributed by atoms with E-state index in [4.69, 9.17) is 0 Å². The van der Waals surface area contributed by atoms with Gasteiger partial charge in [-0.3, -0.25) is 4.79 Å². The van der Waals surface area contributed by atoms with Gasteiger partial charge in [-0.2, -0.15) is 0 Å². The van der Waals surface area contributed by atoms with Crippen molar-refractivity contribution in [2.75, 3.05) is 5.32 Å². The SMILES string of the molecule is [CH2][C@@H]1C[C@@H](Nc2ncncc2C(=O)c2cc(Cn3ccc(C)c3)cs2)C[C@@H]1O.